The lowest BCUT2D eigenvalue weighted by Gasteiger charge is -2.35. The summed E-state index contributed by atoms with van der Waals surface area (Å²) in [7, 11) is 0. The highest BCUT2D eigenvalue weighted by Crippen LogP contribution is 2.38. The average molecular weight is 273 g/mol. The molecule has 0 radical (unpaired) electrons. The third-order valence-electron chi connectivity index (χ3n) is 3.84. The number of rotatable bonds is 6. The second-order valence-corrected chi connectivity index (χ2v) is 6.27. The van der Waals surface area contributed by atoms with Crippen molar-refractivity contribution in [3.05, 3.63) is 0 Å². The van der Waals surface area contributed by atoms with E-state index in [-0.39, 0.29) is 12.5 Å². The van der Waals surface area contributed by atoms with Crippen LogP contribution in [-0.2, 0) is 9.59 Å². The van der Waals surface area contributed by atoms with Gasteiger partial charge in [0.15, 0.2) is 0 Å². The van der Waals surface area contributed by atoms with Gasteiger partial charge in [0.05, 0.1) is 5.41 Å². The maximum atomic E-state index is 11.6. The number of carboxylic acid groups (broad SMARTS) is 1. The minimum absolute atomic E-state index is 0.0383. The van der Waals surface area contributed by atoms with Crippen LogP contribution in [0.15, 0.2) is 0 Å². The molecule has 1 rings (SSSR count). The van der Waals surface area contributed by atoms with Crippen molar-refractivity contribution >= 4 is 23.6 Å². The Morgan fingerprint density at radius 1 is 1.39 bits per heavy atom. The number of amides is 1. The van der Waals surface area contributed by atoms with Crippen LogP contribution < -0.4 is 5.32 Å². The average Bonchev–Trinajstić information content (AvgIpc) is 2.35. The van der Waals surface area contributed by atoms with Crippen molar-refractivity contribution in [3.63, 3.8) is 0 Å². The maximum absolute atomic E-state index is 11.6. The molecule has 0 bridgehead atoms. The van der Waals surface area contributed by atoms with Gasteiger partial charge in [-0.15, -0.1) is 0 Å². The number of hydrogen-bond donors (Lipinski definition) is 2. The van der Waals surface area contributed by atoms with Gasteiger partial charge in [-0.2, -0.15) is 11.8 Å². The van der Waals surface area contributed by atoms with Crippen molar-refractivity contribution in [3.8, 4) is 0 Å². The first-order chi connectivity index (χ1) is 8.50. The maximum Gasteiger partial charge on any atom is 0.311 e. The fourth-order valence-corrected chi connectivity index (χ4v) is 2.72. The lowest BCUT2D eigenvalue weighted by Crippen LogP contribution is -2.45. The van der Waals surface area contributed by atoms with Crippen LogP contribution in [0, 0.1) is 11.3 Å². The summed E-state index contributed by atoms with van der Waals surface area (Å²) in [5.41, 5.74) is -0.735. The summed E-state index contributed by atoms with van der Waals surface area (Å²) in [6.07, 6.45) is 5.64. The Balaban J connectivity index is 2.48. The van der Waals surface area contributed by atoms with Gasteiger partial charge in [0.25, 0.3) is 0 Å². The van der Waals surface area contributed by atoms with E-state index in [0.29, 0.717) is 25.2 Å². The smallest absolute Gasteiger partial charge is 0.311 e. The summed E-state index contributed by atoms with van der Waals surface area (Å²) >= 11 is 1.62. The first-order valence-electron chi connectivity index (χ1n) is 6.49. The van der Waals surface area contributed by atoms with Crippen LogP contribution in [0.5, 0.6) is 0 Å². The van der Waals surface area contributed by atoms with E-state index in [1.165, 1.54) is 0 Å². The van der Waals surface area contributed by atoms with Crippen LogP contribution >= 0.6 is 11.8 Å². The van der Waals surface area contributed by atoms with Gasteiger partial charge in [0.2, 0.25) is 5.91 Å². The van der Waals surface area contributed by atoms with Crippen LogP contribution in [0.4, 0.5) is 0 Å². The lowest BCUT2D eigenvalue weighted by molar-refractivity contribution is -0.151. The summed E-state index contributed by atoms with van der Waals surface area (Å²) in [5, 5.41) is 12.2. The molecule has 1 aliphatic rings. The fourth-order valence-electron chi connectivity index (χ4n) is 2.33. The van der Waals surface area contributed by atoms with Gasteiger partial charge >= 0.3 is 5.97 Å². The minimum Gasteiger partial charge on any atom is -0.481 e. The van der Waals surface area contributed by atoms with Gasteiger partial charge < -0.3 is 10.4 Å². The van der Waals surface area contributed by atoms with E-state index in [9.17, 15) is 14.7 Å². The van der Waals surface area contributed by atoms with Crippen LogP contribution in [0.25, 0.3) is 0 Å². The van der Waals surface area contributed by atoms with E-state index in [1.807, 2.05) is 6.26 Å². The molecule has 0 heterocycles. The number of carbonyl (C=O) groups is 2. The number of aliphatic carboxylic acids is 1. The van der Waals surface area contributed by atoms with E-state index < -0.39 is 11.4 Å². The van der Waals surface area contributed by atoms with E-state index in [2.05, 4.69) is 12.2 Å². The molecule has 1 amide bonds. The number of hydrogen-bond acceptors (Lipinski definition) is 3. The molecule has 0 aromatic rings. The molecule has 4 nitrogen and oxygen atoms in total. The van der Waals surface area contributed by atoms with Crippen LogP contribution in [0.1, 0.15) is 39.0 Å². The number of carbonyl (C=O) groups excluding carboxylic acids is 1. The van der Waals surface area contributed by atoms with Crippen molar-refractivity contribution in [2.45, 2.75) is 39.0 Å². The zero-order valence-corrected chi connectivity index (χ0v) is 12.0. The van der Waals surface area contributed by atoms with Crippen molar-refractivity contribution in [1.29, 1.82) is 0 Å². The highest BCUT2D eigenvalue weighted by molar-refractivity contribution is 7.98. The molecule has 0 atom stereocenters. The highest BCUT2D eigenvalue weighted by atomic mass is 32.2. The molecule has 1 fully saturated rings. The lowest BCUT2D eigenvalue weighted by atomic mass is 9.71. The zero-order chi connectivity index (χ0) is 13.6. The van der Waals surface area contributed by atoms with Gasteiger partial charge in [0.1, 0.15) is 0 Å². The Morgan fingerprint density at radius 2 is 2.00 bits per heavy atom. The van der Waals surface area contributed by atoms with E-state index in [1.54, 1.807) is 11.8 Å². The molecule has 1 saturated carbocycles. The topological polar surface area (TPSA) is 66.4 Å². The fraction of sp³-hybridized carbons (Fsp3) is 0.846. The molecular formula is C13H23NO3S. The van der Waals surface area contributed by atoms with Gasteiger partial charge in [-0.05, 0) is 37.9 Å². The Kier molecular flexibility index (Phi) is 5.99. The first kappa shape index (κ1) is 15.3. The molecule has 104 valence electrons. The minimum atomic E-state index is -0.764. The Bertz CT molecular complexity index is 299. The summed E-state index contributed by atoms with van der Waals surface area (Å²) in [4.78, 5) is 23.0. The van der Waals surface area contributed by atoms with Crippen LogP contribution in [0.2, 0.25) is 0 Å². The van der Waals surface area contributed by atoms with Gasteiger partial charge in [-0.1, -0.05) is 6.92 Å². The zero-order valence-electron chi connectivity index (χ0n) is 11.2. The summed E-state index contributed by atoms with van der Waals surface area (Å²) in [6, 6.07) is 0. The molecule has 0 aliphatic heterocycles. The molecule has 1 aliphatic carbocycles. The standard InChI is InChI=1S/C13H23NO3S/c1-10-3-6-13(7-4-10,12(16)17)9-14-11(15)5-8-18-2/h10H,3-9H2,1-2H3,(H,14,15)(H,16,17). The predicted octanol–water partition coefficient (Wildman–Crippen LogP) is 2.14. The Morgan fingerprint density at radius 3 is 2.50 bits per heavy atom. The Labute approximate surface area is 113 Å². The monoisotopic (exact) mass is 273 g/mol. The molecule has 0 unspecified atom stereocenters. The molecule has 0 spiro atoms. The number of carboxylic acids is 1. The van der Waals surface area contributed by atoms with E-state index >= 15 is 0 Å². The second-order valence-electron chi connectivity index (χ2n) is 5.29. The van der Waals surface area contributed by atoms with Gasteiger partial charge in [0, 0.05) is 18.7 Å². The largest absolute Gasteiger partial charge is 0.481 e. The highest BCUT2D eigenvalue weighted by Gasteiger charge is 2.41. The molecule has 2 N–H and O–H groups in total. The van der Waals surface area contributed by atoms with Crippen LogP contribution in [0.3, 0.4) is 0 Å². The van der Waals surface area contributed by atoms with Crippen molar-refractivity contribution in [2.24, 2.45) is 11.3 Å². The first-order valence-corrected chi connectivity index (χ1v) is 7.88. The third kappa shape index (κ3) is 4.19. The quantitative estimate of drug-likeness (QED) is 0.778. The van der Waals surface area contributed by atoms with Crippen molar-refractivity contribution in [1.82, 2.24) is 5.32 Å². The molecule has 5 heteroatoms. The normalized spacial score (nSPS) is 27.8. The summed E-state index contributed by atoms with van der Waals surface area (Å²) < 4.78 is 0. The summed E-state index contributed by atoms with van der Waals surface area (Å²) in [5.74, 6) is 0.580. The molecular weight excluding hydrogens is 250 g/mol. The molecule has 0 saturated heterocycles. The molecule has 18 heavy (non-hydrogen) atoms. The Hall–Kier alpha value is -0.710. The molecule has 0 aromatic heterocycles. The van der Waals surface area contributed by atoms with E-state index in [4.69, 9.17) is 0 Å². The van der Waals surface area contributed by atoms with E-state index in [0.717, 1.165) is 18.6 Å². The second kappa shape index (κ2) is 7.02. The van der Waals surface area contributed by atoms with Gasteiger partial charge in [-0.3, -0.25) is 9.59 Å². The SMILES string of the molecule is CSCCC(=O)NCC1(C(=O)O)CCC(C)CC1. The number of thioether (sulfide) groups is 1. The van der Waals surface area contributed by atoms with Crippen LogP contribution in [-0.4, -0.2) is 35.5 Å². The summed E-state index contributed by atoms with van der Waals surface area (Å²) in [6.45, 7) is 2.44. The van der Waals surface area contributed by atoms with Gasteiger partial charge in [-0.25, -0.2) is 0 Å². The molecule has 0 aromatic carbocycles. The van der Waals surface area contributed by atoms with Crippen molar-refractivity contribution < 1.29 is 14.7 Å². The number of nitrogens with one attached hydrogen (secondary N) is 1. The predicted molar refractivity (Wildman–Crippen MR) is 73.7 cm³/mol. The third-order valence-corrected chi connectivity index (χ3v) is 4.45. The van der Waals surface area contributed by atoms with Crippen molar-refractivity contribution in [2.75, 3.05) is 18.6 Å².